The van der Waals surface area contributed by atoms with Gasteiger partial charge in [-0.1, -0.05) is 83.9 Å². The summed E-state index contributed by atoms with van der Waals surface area (Å²) < 4.78 is 6.19. The van der Waals surface area contributed by atoms with E-state index in [1.807, 2.05) is 54.6 Å². The zero-order valence-corrected chi connectivity index (χ0v) is 17.4. The second-order valence-electron chi connectivity index (χ2n) is 6.88. The molecule has 0 aliphatic rings. The van der Waals surface area contributed by atoms with Crippen molar-refractivity contribution < 1.29 is 4.74 Å². The quantitative estimate of drug-likeness (QED) is 0.346. The number of hydrogen-bond donors (Lipinski definition) is 1. The minimum atomic E-state index is 0.469. The van der Waals surface area contributed by atoms with Crippen LogP contribution >= 0.6 is 23.2 Å². The Morgan fingerprint density at radius 1 is 0.759 bits per heavy atom. The van der Waals surface area contributed by atoms with Gasteiger partial charge in [0.2, 0.25) is 0 Å². The summed E-state index contributed by atoms with van der Waals surface area (Å²) in [6.07, 6.45) is 0. The molecule has 29 heavy (non-hydrogen) atoms. The van der Waals surface area contributed by atoms with Crippen molar-refractivity contribution >= 4 is 34.0 Å². The Morgan fingerprint density at radius 3 is 2.45 bits per heavy atom. The van der Waals surface area contributed by atoms with Gasteiger partial charge in [0.1, 0.15) is 12.4 Å². The highest BCUT2D eigenvalue weighted by Crippen LogP contribution is 2.29. The standard InChI is InChI=1S/C25H21Cl2NO/c26-21-9-5-6-18(14-21)17-29-25-13-12-19-7-1-3-10-22(19)23(25)16-28-15-20-8-2-4-11-24(20)27/h1-14,28H,15-17H2. The molecule has 0 amide bonds. The molecular weight excluding hydrogens is 401 g/mol. The van der Waals surface area contributed by atoms with E-state index in [0.717, 1.165) is 27.5 Å². The summed E-state index contributed by atoms with van der Waals surface area (Å²) in [4.78, 5) is 0. The molecule has 0 aromatic heterocycles. The molecule has 0 radical (unpaired) electrons. The van der Waals surface area contributed by atoms with Crippen molar-refractivity contribution in [1.82, 2.24) is 5.32 Å². The number of hydrogen-bond acceptors (Lipinski definition) is 2. The molecule has 0 atom stereocenters. The van der Waals surface area contributed by atoms with Crippen LogP contribution in [-0.2, 0) is 19.7 Å². The summed E-state index contributed by atoms with van der Waals surface area (Å²) in [5.41, 5.74) is 3.26. The molecular formula is C25H21Cl2NO. The van der Waals surface area contributed by atoms with Crippen molar-refractivity contribution in [1.29, 1.82) is 0 Å². The lowest BCUT2D eigenvalue weighted by atomic mass is 10.0. The van der Waals surface area contributed by atoms with Gasteiger partial charge in [-0.3, -0.25) is 0 Å². The molecule has 0 saturated heterocycles. The summed E-state index contributed by atoms with van der Waals surface area (Å²) in [5.74, 6) is 0.871. The van der Waals surface area contributed by atoms with E-state index in [-0.39, 0.29) is 0 Å². The molecule has 4 aromatic carbocycles. The monoisotopic (exact) mass is 421 g/mol. The third kappa shape index (κ3) is 4.91. The molecule has 4 rings (SSSR count). The molecule has 0 aliphatic carbocycles. The highest BCUT2D eigenvalue weighted by Gasteiger charge is 2.10. The molecule has 0 unspecified atom stereocenters. The van der Waals surface area contributed by atoms with Crippen LogP contribution < -0.4 is 10.1 Å². The summed E-state index contributed by atoms with van der Waals surface area (Å²) in [6, 6.07) is 28.1. The number of rotatable bonds is 7. The van der Waals surface area contributed by atoms with Crippen molar-refractivity contribution in [2.75, 3.05) is 0 Å². The first-order valence-corrected chi connectivity index (χ1v) is 10.3. The number of ether oxygens (including phenoxy) is 1. The highest BCUT2D eigenvalue weighted by molar-refractivity contribution is 6.31. The van der Waals surface area contributed by atoms with Gasteiger partial charge < -0.3 is 10.1 Å². The number of fused-ring (bicyclic) bond motifs is 1. The lowest BCUT2D eigenvalue weighted by Crippen LogP contribution is -2.14. The van der Waals surface area contributed by atoms with Gasteiger partial charge in [0.25, 0.3) is 0 Å². The number of halogens is 2. The first-order valence-electron chi connectivity index (χ1n) is 9.53. The molecule has 0 heterocycles. The molecule has 2 nitrogen and oxygen atoms in total. The van der Waals surface area contributed by atoms with E-state index in [1.54, 1.807) is 0 Å². The summed E-state index contributed by atoms with van der Waals surface area (Å²) >= 11 is 12.4. The van der Waals surface area contributed by atoms with Crippen LogP contribution in [0.2, 0.25) is 10.0 Å². The smallest absolute Gasteiger partial charge is 0.124 e. The molecule has 0 fully saturated rings. The van der Waals surface area contributed by atoms with Gasteiger partial charge in [0.15, 0.2) is 0 Å². The Kier molecular flexibility index (Phi) is 6.36. The van der Waals surface area contributed by atoms with E-state index in [9.17, 15) is 0 Å². The highest BCUT2D eigenvalue weighted by atomic mass is 35.5. The Morgan fingerprint density at radius 2 is 1.59 bits per heavy atom. The largest absolute Gasteiger partial charge is 0.489 e. The fourth-order valence-electron chi connectivity index (χ4n) is 3.39. The second kappa shape index (κ2) is 9.32. The summed E-state index contributed by atoms with van der Waals surface area (Å²) in [7, 11) is 0. The third-order valence-corrected chi connectivity index (χ3v) is 5.46. The SMILES string of the molecule is Clc1cccc(COc2ccc3ccccc3c2CNCc2ccccc2Cl)c1. The molecule has 0 aliphatic heterocycles. The van der Waals surface area contributed by atoms with Crippen LogP contribution in [0.25, 0.3) is 10.8 Å². The predicted octanol–water partition coefficient (Wildman–Crippen LogP) is 7.02. The topological polar surface area (TPSA) is 21.3 Å². The van der Waals surface area contributed by atoms with Gasteiger partial charge in [0.05, 0.1) is 0 Å². The Hall–Kier alpha value is -2.52. The molecule has 4 heteroatoms. The maximum Gasteiger partial charge on any atom is 0.124 e. The van der Waals surface area contributed by atoms with E-state index in [4.69, 9.17) is 27.9 Å². The van der Waals surface area contributed by atoms with Crippen molar-refractivity contribution in [2.24, 2.45) is 0 Å². The van der Waals surface area contributed by atoms with Crippen molar-refractivity contribution in [3.63, 3.8) is 0 Å². The first kappa shape index (κ1) is 19.8. The average molecular weight is 422 g/mol. The number of benzene rings is 4. The minimum absolute atomic E-state index is 0.469. The van der Waals surface area contributed by atoms with Crippen LogP contribution in [0.5, 0.6) is 5.75 Å². The van der Waals surface area contributed by atoms with Crippen LogP contribution in [0.15, 0.2) is 84.9 Å². The fraction of sp³-hybridized carbons (Fsp3) is 0.120. The van der Waals surface area contributed by atoms with E-state index in [2.05, 4.69) is 35.6 Å². The van der Waals surface area contributed by atoms with Crippen LogP contribution in [0, 0.1) is 0 Å². The average Bonchev–Trinajstić information content (AvgIpc) is 2.74. The second-order valence-corrected chi connectivity index (χ2v) is 7.72. The molecule has 0 saturated carbocycles. The van der Waals surface area contributed by atoms with Gasteiger partial charge in [-0.25, -0.2) is 0 Å². The van der Waals surface area contributed by atoms with Crippen molar-refractivity contribution in [3.05, 3.63) is 112 Å². The van der Waals surface area contributed by atoms with Crippen molar-refractivity contribution in [2.45, 2.75) is 19.7 Å². The van der Waals surface area contributed by atoms with Crippen LogP contribution in [0.1, 0.15) is 16.7 Å². The summed E-state index contributed by atoms with van der Waals surface area (Å²) in [6.45, 7) is 1.84. The lowest BCUT2D eigenvalue weighted by molar-refractivity contribution is 0.302. The van der Waals surface area contributed by atoms with Crippen molar-refractivity contribution in [3.8, 4) is 5.75 Å². The van der Waals surface area contributed by atoms with E-state index >= 15 is 0 Å². The van der Waals surface area contributed by atoms with E-state index in [0.29, 0.717) is 24.7 Å². The molecule has 0 bridgehead atoms. The fourth-order valence-corrected chi connectivity index (χ4v) is 3.80. The maximum atomic E-state index is 6.29. The Balaban J connectivity index is 1.56. The third-order valence-electron chi connectivity index (χ3n) is 4.86. The maximum absolute atomic E-state index is 6.29. The zero-order chi connectivity index (χ0) is 20.1. The van der Waals surface area contributed by atoms with Gasteiger partial charge in [-0.2, -0.15) is 0 Å². The van der Waals surface area contributed by atoms with Crippen LogP contribution in [-0.4, -0.2) is 0 Å². The predicted molar refractivity (Wildman–Crippen MR) is 122 cm³/mol. The van der Waals surface area contributed by atoms with E-state index < -0.39 is 0 Å². The van der Waals surface area contributed by atoms with E-state index in [1.165, 1.54) is 10.8 Å². The van der Waals surface area contributed by atoms with Crippen LogP contribution in [0.4, 0.5) is 0 Å². The normalized spacial score (nSPS) is 11.0. The molecule has 4 aromatic rings. The van der Waals surface area contributed by atoms with Gasteiger partial charge in [-0.15, -0.1) is 0 Å². The van der Waals surface area contributed by atoms with Gasteiger partial charge in [0, 0.05) is 28.7 Å². The Labute approximate surface area is 181 Å². The number of nitrogens with one attached hydrogen (secondary N) is 1. The minimum Gasteiger partial charge on any atom is -0.489 e. The summed E-state index contributed by atoms with van der Waals surface area (Å²) in [5, 5.41) is 7.38. The molecule has 1 N–H and O–H groups in total. The molecule has 146 valence electrons. The first-order chi connectivity index (χ1) is 14.2. The van der Waals surface area contributed by atoms with Gasteiger partial charge >= 0.3 is 0 Å². The lowest BCUT2D eigenvalue weighted by Gasteiger charge is -2.16. The van der Waals surface area contributed by atoms with Crippen LogP contribution in [0.3, 0.4) is 0 Å². The van der Waals surface area contributed by atoms with Gasteiger partial charge in [-0.05, 0) is 46.2 Å². The molecule has 0 spiro atoms. The zero-order valence-electron chi connectivity index (χ0n) is 15.9. The Bertz CT molecular complexity index is 1130.